The monoisotopic (exact) mass is 325 g/mol. The maximum absolute atomic E-state index is 5.75. The Morgan fingerprint density at radius 3 is 2.42 bits per heavy atom. The molecule has 1 aromatic carbocycles. The van der Waals surface area contributed by atoms with Crippen LogP contribution in [0, 0.1) is 5.92 Å². The molecule has 0 bridgehead atoms. The predicted octanol–water partition coefficient (Wildman–Crippen LogP) is 2.69. The van der Waals surface area contributed by atoms with Crippen molar-refractivity contribution in [3.8, 4) is 0 Å². The van der Waals surface area contributed by atoms with Crippen molar-refractivity contribution >= 4 is 21.6 Å². The molecular weight excluding hydrogens is 302 g/mol. The van der Waals surface area contributed by atoms with E-state index in [-0.39, 0.29) is 0 Å². The van der Waals surface area contributed by atoms with E-state index in [4.69, 9.17) is 5.73 Å². The summed E-state index contributed by atoms with van der Waals surface area (Å²) in [6.45, 7) is 10.9. The fourth-order valence-electron chi connectivity index (χ4n) is 2.64. The summed E-state index contributed by atoms with van der Waals surface area (Å²) in [4.78, 5) is 5.02. The third-order valence-corrected chi connectivity index (χ3v) is 4.00. The second-order valence-electron chi connectivity index (χ2n) is 5.70. The van der Waals surface area contributed by atoms with Gasteiger partial charge in [0.15, 0.2) is 0 Å². The van der Waals surface area contributed by atoms with Crippen LogP contribution in [0.25, 0.3) is 0 Å². The molecule has 1 aliphatic heterocycles. The lowest BCUT2D eigenvalue weighted by molar-refractivity contribution is 0.231. The molecule has 1 aromatic rings. The molecule has 0 aliphatic carbocycles. The van der Waals surface area contributed by atoms with Crippen molar-refractivity contribution in [1.82, 2.24) is 4.90 Å². The first-order valence-corrected chi connectivity index (χ1v) is 7.84. The van der Waals surface area contributed by atoms with Crippen LogP contribution in [0.15, 0.2) is 22.7 Å². The van der Waals surface area contributed by atoms with E-state index in [0.717, 1.165) is 36.6 Å². The van der Waals surface area contributed by atoms with Crippen LogP contribution in [-0.4, -0.2) is 37.6 Å². The predicted molar refractivity (Wildman–Crippen MR) is 85.5 cm³/mol. The first-order chi connectivity index (χ1) is 9.08. The summed E-state index contributed by atoms with van der Waals surface area (Å²) in [5.41, 5.74) is 8.23. The van der Waals surface area contributed by atoms with Gasteiger partial charge in [-0.25, -0.2) is 0 Å². The molecule has 106 valence electrons. The molecule has 1 aliphatic rings. The van der Waals surface area contributed by atoms with Crippen LogP contribution in [0.3, 0.4) is 0 Å². The van der Waals surface area contributed by atoms with E-state index in [2.05, 4.69) is 57.8 Å². The van der Waals surface area contributed by atoms with Gasteiger partial charge in [0.05, 0.1) is 0 Å². The average molecular weight is 326 g/mol. The molecule has 1 saturated heterocycles. The number of hydrogen-bond donors (Lipinski definition) is 1. The molecule has 0 unspecified atom stereocenters. The number of nitrogens with two attached hydrogens (primary N) is 1. The van der Waals surface area contributed by atoms with Crippen molar-refractivity contribution in [2.45, 2.75) is 20.4 Å². The number of rotatable bonds is 4. The van der Waals surface area contributed by atoms with Crippen molar-refractivity contribution in [3.05, 3.63) is 28.2 Å². The first-order valence-electron chi connectivity index (χ1n) is 7.05. The van der Waals surface area contributed by atoms with Crippen LogP contribution < -0.4 is 10.6 Å². The highest BCUT2D eigenvalue weighted by Crippen LogP contribution is 2.24. The Morgan fingerprint density at radius 1 is 1.16 bits per heavy atom. The van der Waals surface area contributed by atoms with E-state index in [1.807, 2.05) is 0 Å². The molecule has 0 radical (unpaired) electrons. The molecule has 2 N–H and O–H groups in total. The highest BCUT2D eigenvalue weighted by atomic mass is 79.9. The Kier molecular flexibility index (Phi) is 5.25. The molecule has 0 aromatic heterocycles. The number of benzene rings is 1. The lowest BCUT2D eigenvalue weighted by Crippen LogP contribution is -2.47. The van der Waals surface area contributed by atoms with E-state index in [1.165, 1.54) is 17.8 Å². The van der Waals surface area contributed by atoms with E-state index >= 15 is 0 Å². The van der Waals surface area contributed by atoms with Crippen molar-refractivity contribution < 1.29 is 0 Å². The minimum atomic E-state index is 0.597. The average Bonchev–Trinajstić information content (AvgIpc) is 2.38. The van der Waals surface area contributed by atoms with Gasteiger partial charge in [-0.1, -0.05) is 29.8 Å². The van der Waals surface area contributed by atoms with Gasteiger partial charge in [0.1, 0.15) is 0 Å². The Balaban J connectivity index is 1.99. The molecule has 1 heterocycles. The van der Waals surface area contributed by atoms with E-state index in [1.54, 1.807) is 0 Å². The molecule has 3 nitrogen and oxygen atoms in total. The fraction of sp³-hybridized carbons (Fsp3) is 0.600. The van der Waals surface area contributed by atoms with Crippen LogP contribution in [0.4, 0.5) is 5.69 Å². The normalized spacial score (nSPS) is 17.2. The van der Waals surface area contributed by atoms with Crippen LogP contribution in [0.2, 0.25) is 0 Å². The van der Waals surface area contributed by atoms with Crippen LogP contribution in [-0.2, 0) is 6.54 Å². The lowest BCUT2D eigenvalue weighted by Gasteiger charge is -2.37. The first kappa shape index (κ1) is 14.8. The van der Waals surface area contributed by atoms with Gasteiger partial charge in [0.2, 0.25) is 0 Å². The van der Waals surface area contributed by atoms with E-state index in [9.17, 15) is 0 Å². The summed E-state index contributed by atoms with van der Waals surface area (Å²) in [6.07, 6.45) is 0. The maximum Gasteiger partial charge on any atom is 0.0381 e. The molecule has 0 atom stereocenters. The molecule has 1 fully saturated rings. The van der Waals surface area contributed by atoms with Gasteiger partial charge in [0.25, 0.3) is 0 Å². The second kappa shape index (κ2) is 6.73. The van der Waals surface area contributed by atoms with Crippen LogP contribution in [0.5, 0.6) is 0 Å². The topological polar surface area (TPSA) is 32.5 Å². The number of hydrogen-bond acceptors (Lipinski definition) is 3. The van der Waals surface area contributed by atoms with Gasteiger partial charge in [-0.3, -0.25) is 4.90 Å². The van der Waals surface area contributed by atoms with Crippen LogP contribution in [0.1, 0.15) is 19.4 Å². The summed E-state index contributed by atoms with van der Waals surface area (Å²) in [7, 11) is 0. The Morgan fingerprint density at radius 2 is 1.84 bits per heavy atom. The van der Waals surface area contributed by atoms with Gasteiger partial charge >= 0.3 is 0 Å². The minimum absolute atomic E-state index is 0.597. The van der Waals surface area contributed by atoms with Crippen molar-refractivity contribution in [2.24, 2.45) is 11.7 Å². The second-order valence-corrected chi connectivity index (χ2v) is 6.62. The standard InChI is InChI=1S/C15H24BrN3/c1-12(2)11-18-3-5-19(6-4-18)15-8-13(10-17)7-14(16)9-15/h7-9,12H,3-6,10-11,17H2,1-2H3. The van der Waals surface area contributed by atoms with Crippen molar-refractivity contribution in [2.75, 3.05) is 37.6 Å². The van der Waals surface area contributed by atoms with Gasteiger partial charge in [0, 0.05) is 49.4 Å². The largest absolute Gasteiger partial charge is 0.369 e. The third-order valence-electron chi connectivity index (χ3n) is 3.54. The van der Waals surface area contributed by atoms with Crippen LogP contribution >= 0.6 is 15.9 Å². The molecule has 19 heavy (non-hydrogen) atoms. The maximum atomic E-state index is 5.75. The number of halogens is 1. The number of anilines is 1. The third kappa shape index (κ3) is 4.20. The Bertz CT molecular complexity index is 412. The van der Waals surface area contributed by atoms with E-state index in [0.29, 0.717) is 6.54 Å². The zero-order valence-electron chi connectivity index (χ0n) is 11.9. The summed E-state index contributed by atoms with van der Waals surface area (Å²) in [5.74, 6) is 0.751. The van der Waals surface area contributed by atoms with Gasteiger partial charge in [-0.05, 0) is 29.7 Å². The van der Waals surface area contributed by atoms with Gasteiger partial charge in [-0.15, -0.1) is 0 Å². The molecular formula is C15H24BrN3. The zero-order valence-corrected chi connectivity index (χ0v) is 13.5. The lowest BCUT2D eigenvalue weighted by atomic mass is 10.1. The zero-order chi connectivity index (χ0) is 13.8. The van der Waals surface area contributed by atoms with Gasteiger partial charge in [-0.2, -0.15) is 0 Å². The molecule has 0 saturated carbocycles. The quantitative estimate of drug-likeness (QED) is 0.923. The van der Waals surface area contributed by atoms with E-state index < -0.39 is 0 Å². The number of nitrogens with zero attached hydrogens (tertiary/aromatic N) is 2. The summed E-state index contributed by atoms with van der Waals surface area (Å²) in [6, 6.07) is 6.50. The molecule has 0 spiro atoms. The summed E-state index contributed by atoms with van der Waals surface area (Å²) in [5, 5.41) is 0. The van der Waals surface area contributed by atoms with Gasteiger partial charge < -0.3 is 10.6 Å². The number of piperazine rings is 1. The SMILES string of the molecule is CC(C)CN1CCN(c2cc(Br)cc(CN)c2)CC1. The Labute approximate surface area is 124 Å². The van der Waals surface area contributed by atoms with Crippen molar-refractivity contribution in [3.63, 3.8) is 0 Å². The smallest absolute Gasteiger partial charge is 0.0381 e. The highest BCUT2D eigenvalue weighted by Gasteiger charge is 2.18. The molecule has 4 heteroatoms. The Hall–Kier alpha value is -0.580. The molecule has 0 amide bonds. The fourth-order valence-corrected chi connectivity index (χ4v) is 3.17. The highest BCUT2D eigenvalue weighted by molar-refractivity contribution is 9.10. The summed E-state index contributed by atoms with van der Waals surface area (Å²) < 4.78 is 1.12. The minimum Gasteiger partial charge on any atom is -0.369 e. The summed E-state index contributed by atoms with van der Waals surface area (Å²) >= 11 is 3.57. The van der Waals surface area contributed by atoms with Crippen molar-refractivity contribution in [1.29, 1.82) is 0 Å². The molecule has 2 rings (SSSR count).